The first kappa shape index (κ1) is 13.8. The highest BCUT2D eigenvalue weighted by molar-refractivity contribution is 6.30. The fourth-order valence-corrected chi connectivity index (χ4v) is 3.53. The summed E-state index contributed by atoms with van der Waals surface area (Å²) in [5.74, 6) is 0.137. The highest BCUT2D eigenvalue weighted by atomic mass is 35.5. The van der Waals surface area contributed by atoms with E-state index in [1.807, 2.05) is 0 Å². The first-order valence-corrected chi connectivity index (χ1v) is 7.49. The Morgan fingerprint density at radius 1 is 1.45 bits per heavy atom. The molecule has 1 amide bonds. The van der Waals surface area contributed by atoms with E-state index in [9.17, 15) is 9.18 Å². The third-order valence-corrected chi connectivity index (χ3v) is 4.71. The fraction of sp³-hybridized carbons (Fsp3) is 0.533. The van der Waals surface area contributed by atoms with E-state index in [1.54, 1.807) is 12.1 Å². The van der Waals surface area contributed by atoms with Gasteiger partial charge in [0.05, 0.1) is 11.1 Å². The number of fused-ring (bicyclic) bond motifs is 1. The van der Waals surface area contributed by atoms with Gasteiger partial charge in [-0.25, -0.2) is 4.39 Å². The van der Waals surface area contributed by atoms with Gasteiger partial charge in [0, 0.05) is 18.2 Å². The van der Waals surface area contributed by atoms with Crippen molar-refractivity contribution in [3.05, 3.63) is 34.6 Å². The molecule has 0 radical (unpaired) electrons. The molecule has 1 aromatic carbocycles. The minimum Gasteiger partial charge on any atom is -0.351 e. The quantitative estimate of drug-likeness (QED) is 0.900. The van der Waals surface area contributed by atoms with Crippen molar-refractivity contribution in [3.63, 3.8) is 0 Å². The highest BCUT2D eigenvalue weighted by Crippen LogP contribution is 2.34. The number of halogens is 2. The molecule has 2 aliphatic rings. The van der Waals surface area contributed by atoms with E-state index in [1.165, 1.54) is 18.9 Å². The number of benzene rings is 1. The normalized spacial score (nSPS) is 28.4. The van der Waals surface area contributed by atoms with E-state index in [2.05, 4.69) is 10.6 Å². The van der Waals surface area contributed by atoms with Crippen LogP contribution in [0.25, 0.3) is 0 Å². The molecule has 0 unspecified atom stereocenters. The van der Waals surface area contributed by atoms with Crippen molar-refractivity contribution in [2.75, 3.05) is 0 Å². The third kappa shape index (κ3) is 2.67. The Kier molecular flexibility index (Phi) is 3.94. The van der Waals surface area contributed by atoms with Gasteiger partial charge in [-0.2, -0.15) is 0 Å². The summed E-state index contributed by atoms with van der Waals surface area (Å²) in [6.07, 6.45) is 4.53. The van der Waals surface area contributed by atoms with E-state index >= 15 is 0 Å². The summed E-state index contributed by atoms with van der Waals surface area (Å²) in [5.41, 5.74) is 0.420. The molecule has 0 aromatic heterocycles. The number of hydrogen-bond donors (Lipinski definition) is 2. The zero-order valence-corrected chi connectivity index (χ0v) is 11.9. The molecular weight excluding hydrogens is 279 g/mol. The summed E-state index contributed by atoms with van der Waals surface area (Å²) in [5, 5.41) is 6.27. The summed E-state index contributed by atoms with van der Waals surface area (Å²) in [6, 6.07) is 5.19. The van der Waals surface area contributed by atoms with Crippen LogP contribution in [0.3, 0.4) is 0 Å². The molecule has 1 aromatic rings. The molecule has 0 bridgehead atoms. The molecule has 3 atom stereocenters. The van der Waals surface area contributed by atoms with Crippen LogP contribution < -0.4 is 10.6 Å². The predicted molar refractivity (Wildman–Crippen MR) is 75.9 cm³/mol. The van der Waals surface area contributed by atoms with Crippen molar-refractivity contribution in [2.45, 2.75) is 44.3 Å². The minimum absolute atomic E-state index is 0.0428. The van der Waals surface area contributed by atoms with Crippen LogP contribution >= 0.6 is 11.6 Å². The van der Waals surface area contributed by atoms with Crippen LogP contribution in [0, 0.1) is 11.7 Å². The van der Waals surface area contributed by atoms with Crippen LogP contribution in [0.5, 0.6) is 0 Å². The van der Waals surface area contributed by atoms with Gasteiger partial charge in [-0.15, -0.1) is 0 Å². The Hall–Kier alpha value is -1.13. The van der Waals surface area contributed by atoms with Crippen LogP contribution in [-0.4, -0.2) is 18.0 Å². The van der Waals surface area contributed by atoms with Gasteiger partial charge < -0.3 is 10.6 Å². The Labute approximate surface area is 122 Å². The van der Waals surface area contributed by atoms with Gasteiger partial charge >= 0.3 is 0 Å². The van der Waals surface area contributed by atoms with Gasteiger partial charge in [-0.3, -0.25) is 4.79 Å². The number of nitrogens with one attached hydrogen (secondary N) is 2. The Bertz CT molecular complexity index is 511. The molecule has 20 heavy (non-hydrogen) atoms. The first-order chi connectivity index (χ1) is 9.65. The molecule has 108 valence electrons. The molecule has 1 saturated heterocycles. The van der Waals surface area contributed by atoms with Crippen LogP contribution in [0.15, 0.2) is 18.2 Å². The SMILES string of the molecule is O=C(NCc1cccc(Cl)c1F)[C@@H]1C[C@H]2CCC[C@H]2N1. The van der Waals surface area contributed by atoms with Gasteiger partial charge in [-0.1, -0.05) is 30.2 Å². The second-order valence-corrected chi connectivity index (χ2v) is 6.09. The monoisotopic (exact) mass is 296 g/mol. The van der Waals surface area contributed by atoms with Crippen molar-refractivity contribution in [2.24, 2.45) is 5.92 Å². The van der Waals surface area contributed by atoms with Crippen LogP contribution in [0.4, 0.5) is 4.39 Å². The molecule has 2 N–H and O–H groups in total. The second-order valence-electron chi connectivity index (χ2n) is 5.68. The lowest BCUT2D eigenvalue weighted by Gasteiger charge is -2.13. The zero-order valence-electron chi connectivity index (χ0n) is 11.2. The number of hydrogen-bond acceptors (Lipinski definition) is 2. The maximum atomic E-state index is 13.7. The summed E-state index contributed by atoms with van der Waals surface area (Å²) < 4.78 is 13.7. The van der Waals surface area contributed by atoms with Crippen LogP contribution in [0.1, 0.15) is 31.2 Å². The Morgan fingerprint density at radius 3 is 3.10 bits per heavy atom. The number of amides is 1. The molecule has 0 spiro atoms. The first-order valence-electron chi connectivity index (χ1n) is 7.12. The van der Waals surface area contributed by atoms with E-state index < -0.39 is 5.82 Å². The molecule has 1 heterocycles. The maximum absolute atomic E-state index is 13.7. The van der Waals surface area contributed by atoms with Gasteiger partial charge in [0.15, 0.2) is 0 Å². The molecule has 1 aliphatic heterocycles. The molecule has 1 saturated carbocycles. The van der Waals surface area contributed by atoms with Crippen molar-refractivity contribution in [1.82, 2.24) is 10.6 Å². The second kappa shape index (κ2) is 5.70. The van der Waals surface area contributed by atoms with Crippen LogP contribution in [-0.2, 0) is 11.3 Å². The smallest absolute Gasteiger partial charge is 0.237 e. The predicted octanol–water partition coefficient (Wildman–Crippen LogP) is 2.63. The van der Waals surface area contributed by atoms with Gasteiger partial charge in [-0.05, 0) is 31.2 Å². The molecule has 2 fully saturated rings. The average molecular weight is 297 g/mol. The topological polar surface area (TPSA) is 41.1 Å². The third-order valence-electron chi connectivity index (χ3n) is 4.41. The largest absolute Gasteiger partial charge is 0.351 e. The summed E-state index contributed by atoms with van der Waals surface area (Å²) in [4.78, 5) is 12.1. The van der Waals surface area contributed by atoms with Crippen LogP contribution in [0.2, 0.25) is 5.02 Å². The average Bonchev–Trinajstić information content (AvgIpc) is 3.01. The number of carbonyl (C=O) groups excluding carboxylic acids is 1. The van der Waals surface area contributed by atoms with Crippen molar-refractivity contribution in [3.8, 4) is 0 Å². The summed E-state index contributed by atoms with van der Waals surface area (Å²) >= 11 is 5.72. The molecule has 1 aliphatic carbocycles. The number of carbonyl (C=O) groups is 1. The lowest BCUT2D eigenvalue weighted by atomic mass is 10.0. The van der Waals surface area contributed by atoms with E-state index in [0.29, 0.717) is 17.5 Å². The standard InChI is InChI=1S/C15H18ClFN2O/c16-11-5-1-4-10(14(11)17)8-18-15(20)13-7-9-3-2-6-12(9)19-13/h1,4-5,9,12-13,19H,2-3,6-8H2,(H,18,20)/t9-,12-,13+/m1/s1. The Morgan fingerprint density at radius 2 is 2.30 bits per heavy atom. The lowest BCUT2D eigenvalue weighted by Crippen LogP contribution is -2.42. The molecule has 3 nitrogen and oxygen atoms in total. The minimum atomic E-state index is -0.453. The summed E-state index contributed by atoms with van der Waals surface area (Å²) in [7, 11) is 0. The molecule has 3 rings (SSSR count). The maximum Gasteiger partial charge on any atom is 0.237 e. The zero-order chi connectivity index (χ0) is 14.1. The van der Waals surface area contributed by atoms with E-state index in [0.717, 1.165) is 12.8 Å². The van der Waals surface area contributed by atoms with Crippen molar-refractivity contribution in [1.29, 1.82) is 0 Å². The van der Waals surface area contributed by atoms with E-state index in [-0.39, 0.29) is 23.5 Å². The van der Waals surface area contributed by atoms with Crippen molar-refractivity contribution >= 4 is 17.5 Å². The van der Waals surface area contributed by atoms with Gasteiger partial charge in [0.25, 0.3) is 0 Å². The molecular formula is C15H18ClFN2O. The van der Waals surface area contributed by atoms with E-state index in [4.69, 9.17) is 11.6 Å². The molecule has 5 heteroatoms. The van der Waals surface area contributed by atoms with Gasteiger partial charge in [0.1, 0.15) is 5.82 Å². The number of rotatable bonds is 3. The lowest BCUT2D eigenvalue weighted by molar-refractivity contribution is -0.123. The Balaban J connectivity index is 1.56. The highest BCUT2D eigenvalue weighted by Gasteiger charge is 2.39. The summed E-state index contributed by atoms with van der Waals surface area (Å²) in [6.45, 7) is 0.179. The van der Waals surface area contributed by atoms with Gasteiger partial charge in [0.2, 0.25) is 5.91 Å². The fourth-order valence-electron chi connectivity index (χ4n) is 3.34. The van der Waals surface area contributed by atoms with Crippen molar-refractivity contribution < 1.29 is 9.18 Å².